The molecule has 6 nitrogen and oxygen atoms in total. The van der Waals surface area contributed by atoms with Crippen molar-refractivity contribution >= 4 is 11.9 Å². The number of nitrogens with one attached hydrogen (secondary N) is 2. The molecule has 1 heterocycles. The molecule has 1 aliphatic rings. The van der Waals surface area contributed by atoms with Gasteiger partial charge in [0.2, 0.25) is 5.91 Å². The first-order chi connectivity index (χ1) is 9.15. The summed E-state index contributed by atoms with van der Waals surface area (Å²) in [6.45, 7) is 5.44. The number of carbonyl (C=O) groups is 2. The Morgan fingerprint density at radius 3 is 2.58 bits per heavy atom. The molecule has 1 fully saturated rings. The fraction of sp³-hybridized carbons (Fsp3) is 0.846. The van der Waals surface area contributed by atoms with Gasteiger partial charge in [-0.05, 0) is 44.8 Å². The van der Waals surface area contributed by atoms with Crippen molar-refractivity contribution in [3.05, 3.63) is 0 Å². The van der Waals surface area contributed by atoms with Crippen molar-refractivity contribution in [3.63, 3.8) is 0 Å². The van der Waals surface area contributed by atoms with Gasteiger partial charge in [-0.15, -0.1) is 0 Å². The van der Waals surface area contributed by atoms with Gasteiger partial charge in [0.25, 0.3) is 0 Å². The first kappa shape index (κ1) is 15.9. The van der Waals surface area contributed by atoms with Gasteiger partial charge in [-0.1, -0.05) is 13.3 Å². The quantitative estimate of drug-likeness (QED) is 0.605. The molecule has 0 spiro atoms. The van der Waals surface area contributed by atoms with Crippen LogP contribution in [0.25, 0.3) is 0 Å². The molecule has 1 rings (SSSR count). The molecule has 0 saturated carbocycles. The Bertz CT molecular complexity index is 288. The third kappa shape index (κ3) is 6.54. The molecule has 0 atom stereocenters. The summed E-state index contributed by atoms with van der Waals surface area (Å²) in [5.74, 6) is 0.344. The van der Waals surface area contributed by atoms with Gasteiger partial charge in [-0.2, -0.15) is 0 Å². The second-order valence-corrected chi connectivity index (χ2v) is 5.11. The number of amides is 3. The summed E-state index contributed by atoms with van der Waals surface area (Å²) in [5.41, 5.74) is 5.62. The zero-order chi connectivity index (χ0) is 14.1. The van der Waals surface area contributed by atoms with E-state index >= 15 is 0 Å². The SMILES string of the molecule is CCCCNC(=O)NC(=O)CN1CCC(CN)CC1. The van der Waals surface area contributed by atoms with E-state index in [4.69, 9.17) is 5.73 Å². The Morgan fingerprint density at radius 2 is 2.00 bits per heavy atom. The van der Waals surface area contributed by atoms with Crippen molar-refractivity contribution < 1.29 is 9.59 Å². The molecule has 0 unspecified atom stereocenters. The normalized spacial score (nSPS) is 17.2. The van der Waals surface area contributed by atoms with Crippen LogP contribution in [0.4, 0.5) is 4.79 Å². The van der Waals surface area contributed by atoms with Crippen molar-refractivity contribution in [1.29, 1.82) is 0 Å². The minimum atomic E-state index is -0.393. The predicted molar refractivity (Wildman–Crippen MR) is 74.7 cm³/mol. The standard InChI is InChI=1S/C13H26N4O2/c1-2-3-6-15-13(19)16-12(18)10-17-7-4-11(9-14)5-8-17/h11H,2-10,14H2,1H3,(H2,15,16,18,19). The van der Waals surface area contributed by atoms with Crippen molar-refractivity contribution in [2.75, 3.05) is 32.7 Å². The van der Waals surface area contributed by atoms with Gasteiger partial charge < -0.3 is 11.1 Å². The second kappa shape index (κ2) is 8.87. The minimum absolute atomic E-state index is 0.236. The highest BCUT2D eigenvalue weighted by Gasteiger charge is 2.20. The monoisotopic (exact) mass is 270 g/mol. The number of piperidine rings is 1. The number of unbranched alkanes of at least 4 members (excludes halogenated alkanes) is 1. The van der Waals surface area contributed by atoms with Crippen LogP contribution in [-0.4, -0.2) is 49.6 Å². The fourth-order valence-corrected chi connectivity index (χ4v) is 2.17. The first-order valence-corrected chi connectivity index (χ1v) is 7.15. The largest absolute Gasteiger partial charge is 0.338 e. The number of hydrogen-bond donors (Lipinski definition) is 3. The van der Waals surface area contributed by atoms with Crippen LogP contribution in [-0.2, 0) is 4.79 Å². The predicted octanol–water partition coefficient (Wildman–Crippen LogP) is 0.283. The second-order valence-electron chi connectivity index (χ2n) is 5.11. The van der Waals surface area contributed by atoms with Crippen LogP contribution < -0.4 is 16.4 Å². The van der Waals surface area contributed by atoms with E-state index in [1.165, 1.54) is 0 Å². The molecule has 1 aliphatic heterocycles. The van der Waals surface area contributed by atoms with Crippen LogP contribution in [0.5, 0.6) is 0 Å². The van der Waals surface area contributed by atoms with Gasteiger partial charge in [0, 0.05) is 6.54 Å². The number of nitrogens with two attached hydrogens (primary N) is 1. The van der Waals surface area contributed by atoms with E-state index in [0.29, 0.717) is 19.0 Å². The van der Waals surface area contributed by atoms with Crippen LogP contribution >= 0.6 is 0 Å². The molecule has 0 bridgehead atoms. The van der Waals surface area contributed by atoms with Gasteiger partial charge in [0.05, 0.1) is 6.54 Å². The molecule has 0 aliphatic carbocycles. The summed E-state index contributed by atoms with van der Waals surface area (Å²) in [4.78, 5) is 25.1. The average molecular weight is 270 g/mol. The minimum Gasteiger partial charge on any atom is -0.338 e. The number of nitrogens with zero attached hydrogens (tertiary/aromatic N) is 1. The molecule has 0 aromatic rings. The van der Waals surface area contributed by atoms with Gasteiger partial charge in [0.15, 0.2) is 0 Å². The van der Waals surface area contributed by atoms with E-state index in [1.54, 1.807) is 0 Å². The van der Waals surface area contributed by atoms with Crippen LogP contribution in [0.3, 0.4) is 0 Å². The van der Waals surface area contributed by atoms with E-state index < -0.39 is 6.03 Å². The third-order valence-electron chi connectivity index (χ3n) is 3.48. The zero-order valence-electron chi connectivity index (χ0n) is 11.8. The van der Waals surface area contributed by atoms with Gasteiger partial charge in [0.1, 0.15) is 0 Å². The lowest BCUT2D eigenvalue weighted by molar-refractivity contribution is -0.121. The maximum atomic E-state index is 11.7. The number of urea groups is 1. The van der Waals surface area contributed by atoms with E-state index in [0.717, 1.165) is 45.3 Å². The van der Waals surface area contributed by atoms with Crippen LogP contribution in [0.15, 0.2) is 0 Å². The van der Waals surface area contributed by atoms with Gasteiger partial charge in [-0.25, -0.2) is 4.79 Å². The number of imide groups is 1. The molecule has 4 N–H and O–H groups in total. The van der Waals surface area contributed by atoms with Crippen molar-refractivity contribution in [3.8, 4) is 0 Å². The molecular weight excluding hydrogens is 244 g/mol. The Kier molecular flexibility index (Phi) is 7.43. The number of carbonyl (C=O) groups excluding carboxylic acids is 2. The van der Waals surface area contributed by atoms with E-state index in [1.807, 2.05) is 0 Å². The Morgan fingerprint density at radius 1 is 1.32 bits per heavy atom. The van der Waals surface area contributed by atoms with Crippen molar-refractivity contribution in [1.82, 2.24) is 15.5 Å². The maximum Gasteiger partial charge on any atom is 0.321 e. The first-order valence-electron chi connectivity index (χ1n) is 7.15. The third-order valence-corrected chi connectivity index (χ3v) is 3.48. The van der Waals surface area contributed by atoms with Crippen LogP contribution in [0, 0.1) is 5.92 Å². The van der Waals surface area contributed by atoms with Gasteiger partial charge >= 0.3 is 6.03 Å². The van der Waals surface area contributed by atoms with Crippen LogP contribution in [0.2, 0.25) is 0 Å². The van der Waals surface area contributed by atoms with E-state index in [9.17, 15) is 9.59 Å². The summed E-state index contributed by atoms with van der Waals surface area (Å²) in [6, 6.07) is -0.393. The molecule has 110 valence electrons. The van der Waals surface area contributed by atoms with Crippen LogP contribution in [0.1, 0.15) is 32.6 Å². The van der Waals surface area contributed by atoms with Crippen molar-refractivity contribution in [2.45, 2.75) is 32.6 Å². The summed E-state index contributed by atoms with van der Waals surface area (Å²) in [5, 5.41) is 5.02. The molecule has 6 heteroatoms. The number of hydrogen-bond acceptors (Lipinski definition) is 4. The summed E-state index contributed by atoms with van der Waals surface area (Å²) >= 11 is 0. The summed E-state index contributed by atoms with van der Waals surface area (Å²) in [7, 11) is 0. The highest BCUT2D eigenvalue weighted by Crippen LogP contribution is 2.14. The Labute approximate surface area is 115 Å². The molecule has 3 amide bonds. The number of likely N-dealkylation sites (tertiary alicyclic amines) is 1. The zero-order valence-corrected chi connectivity index (χ0v) is 11.8. The maximum absolute atomic E-state index is 11.7. The molecule has 0 aromatic heterocycles. The fourth-order valence-electron chi connectivity index (χ4n) is 2.17. The van der Waals surface area contributed by atoms with Crippen molar-refractivity contribution in [2.24, 2.45) is 11.7 Å². The summed E-state index contributed by atoms with van der Waals surface area (Å²) in [6.07, 6.45) is 4.01. The smallest absolute Gasteiger partial charge is 0.321 e. The van der Waals surface area contributed by atoms with E-state index in [-0.39, 0.29) is 5.91 Å². The highest BCUT2D eigenvalue weighted by atomic mass is 16.2. The molecule has 0 radical (unpaired) electrons. The summed E-state index contributed by atoms with van der Waals surface area (Å²) < 4.78 is 0. The highest BCUT2D eigenvalue weighted by molar-refractivity contribution is 5.95. The Hall–Kier alpha value is -1.14. The Balaban J connectivity index is 2.15. The van der Waals surface area contributed by atoms with E-state index in [2.05, 4.69) is 22.5 Å². The average Bonchev–Trinajstić information content (AvgIpc) is 2.39. The number of rotatable bonds is 6. The van der Waals surface area contributed by atoms with Gasteiger partial charge in [-0.3, -0.25) is 15.0 Å². The molecular formula is C13H26N4O2. The lowest BCUT2D eigenvalue weighted by atomic mass is 9.97. The molecule has 1 saturated heterocycles. The molecule has 0 aromatic carbocycles. The lowest BCUT2D eigenvalue weighted by Crippen LogP contribution is -2.46. The molecule has 19 heavy (non-hydrogen) atoms. The topological polar surface area (TPSA) is 87.5 Å². The lowest BCUT2D eigenvalue weighted by Gasteiger charge is -2.30.